The van der Waals surface area contributed by atoms with Crippen LogP contribution in [0.1, 0.15) is 17.7 Å². The molecule has 0 bridgehead atoms. The van der Waals surface area contributed by atoms with E-state index in [4.69, 9.17) is 34.8 Å². The molecular weight excluding hydrogens is 393 g/mol. The lowest BCUT2D eigenvalue weighted by atomic mass is 10.3. The fourth-order valence-electron chi connectivity index (χ4n) is 2.46. The third-order valence-corrected chi connectivity index (χ3v) is 5.22. The number of aryl methyl sites for hydroxylation is 1. The summed E-state index contributed by atoms with van der Waals surface area (Å²) in [6.07, 6.45) is 2.50. The van der Waals surface area contributed by atoms with Gasteiger partial charge in [-0.3, -0.25) is 9.59 Å². The van der Waals surface area contributed by atoms with Crippen LogP contribution < -0.4 is 10.9 Å². The van der Waals surface area contributed by atoms with Crippen molar-refractivity contribution in [1.29, 1.82) is 0 Å². The molecule has 5 nitrogen and oxygen atoms in total. The molecule has 1 aliphatic rings. The van der Waals surface area contributed by atoms with Crippen molar-refractivity contribution < 1.29 is 4.79 Å². The molecule has 24 heavy (non-hydrogen) atoms. The second-order valence-electron chi connectivity index (χ2n) is 5.23. The van der Waals surface area contributed by atoms with Crippen molar-refractivity contribution >= 4 is 58.2 Å². The van der Waals surface area contributed by atoms with Crippen LogP contribution in [0.25, 0.3) is 0 Å². The van der Waals surface area contributed by atoms with Crippen molar-refractivity contribution in [3.8, 4) is 0 Å². The summed E-state index contributed by atoms with van der Waals surface area (Å²) >= 11 is 19.0. The van der Waals surface area contributed by atoms with E-state index in [9.17, 15) is 9.59 Å². The molecule has 3 rings (SSSR count). The number of anilines is 1. The molecule has 0 saturated carbocycles. The van der Waals surface area contributed by atoms with Crippen molar-refractivity contribution in [1.82, 2.24) is 9.97 Å². The van der Waals surface area contributed by atoms with Crippen LogP contribution in [0.5, 0.6) is 0 Å². The summed E-state index contributed by atoms with van der Waals surface area (Å²) < 4.78 is 0. The van der Waals surface area contributed by atoms with Gasteiger partial charge in [-0.15, -0.1) is 0 Å². The number of nitrogens with one attached hydrogen (secondary N) is 2. The summed E-state index contributed by atoms with van der Waals surface area (Å²) in [5.74, 6) is -0.244. The molecule has 2 aromatic rings. The molecule has 1 heterocycles. The predicted molar refractivity (Wildman–Crippen MR) is 97.7 cm³/mol. The molecule has 0 spiro atoms. The van der Waals surface area contributed by atoms with Gasteiger partial charge in [-0.2, -0.15) is 0 Å². The minimum absolute atomic E-state index is 0.0665. The zero-order valence-electron chi connectivity index (χ0n) is 12.3. The first-order chi connectivity index (χ1) is 11.4. The molecule has 9 heteroatoms. The fourth-order valence-corrected chi connectivity index (χ4v) is 4.05. The average Bonchev–Trinajstić information content (AvgIpc) is 2.98. The van der Waals surface area contributed by atoms with Crippen molar-refractivity contribution in [2.45, 2.75) is 24.4 Å². The summed E-state index contributed by atoms with van der Waals surface area (Å²) in [5, 5.41) is 3.98. The number of hydrogen-bond acceptors (Lipinski definition) is 4. The van der Waals surface area contributed by atoms with E-state index in [1.807, 2.05) is 0 Å². The van der Waals surface area contributed by atoms with Crippen LogP contribution in [0.4, 0.5) is 5.69 Å². The number of thioether (sulfide) groups is 1. The summed E-state index contributed by atoms with van der Waals surface area (Å²) in [7, 11) is 0. The lowest BCUT2D eigenvalue weighted by Gasteiger charge is -2.09. The maximum atomic E-state index is 12.1. The number of aromatic amines is 1. The molecule has 0 aliphatic heterocycles. The topological polar surface area (TPSA) is 74.8 Å². The first-order valence-corrected chi connectivity index (χ1v) is 9.25. The quantitative estimate of drug-likeness (QED) is 0.597. The van der Waals surface area contributed by atoms with Crippen molar-refractivity contribution in [3.05, 3.63) is 48.8 Å². The van der Waals surface area contributed by atoms with Gasteiger partial charge in [-0.05, 0) is 31.4 Å². The number of amides is 1. The molecule has 1 aliphatic carbocycles. The monoisotopic (exact) mass is 403 g/mol. The van der Waals surface area contributed by atoms with Gasteiger partial charge >= 0.3 is 0 Å². The number of benzene rings is 1. The molecule has 2 N–H and O–H groups in total. The zero-order chi connectivity index (χ0) is 17.3. The number of hydrogen-bond donors (Lipinski definition) is 2. The Morgan fingerprint density at radius 1 is 1.25 bits per heavy atom. The zero-order valence-corrected chi connectivity index (χ0v) is 15.4. The van der Waals surface area contributed by atoms with Crippen molar-refractivity contribution in [2.24, 2.45) is 0 Å². The Balaban J connectivity index is 1.67. The highest BCUT2D eigenvalue weighted by Gasteiger charge is 2.18. The lowest BCUT2D eigenvalue weighted by molar-refractivity contribution is -0.113. The highest BCUT2D eigenvalue weighted by molar-refractivity contribution is 7.99. The van der Waals surface area contributed by atoms with Gasteiger partial charge in [0.1, 0.15) is 0 Å². The summed E-state index contributed by atoms with van der Waals surface area (Å²) in [6.45, 7) is 0. The first-order valence-electron chi connectivity index (χ1n) is 7.13. The Labute approximate surface area is 157 Å². The number of carbonyl (C=O) groups is 1. The number of H-pyrrole nitrogens is 1. The Morgan fingerprint density at radius 3 is 2.67 bits per heavy atom. The van der Waals surface area contributed by atoms with Gasteiger partial charge in [0.15, 0.2) is 5.16 Å². The second kappa shape index (κ2) is 7.35. The maximum Gasteiger partial charge on any atom is 0.254 e. The van der Waals surface area contributed by atoms with Crippen molar-refractivity contribution in [2.75, 3.05) is 11.1 Å². The number of halogens is 3. The minimum atomic E-state index is -0.311. The van der Waals surface area contributed by atoms with Gasteiger partial charge in [0.05, 0.1) is 27.2 Å². The van der Waals surface area contributed by atoms with E-state index in [1.165, 1.54) is 12.1 Å². The van der Waals surface area contributed by atoms with Gasteiger partial charge < -0.3 is 10.3 Å². The van der Waals surface area contributed by atoms with Crippen LogP contribution >= 0.6 is 46.6 Å². The number of nitrogens with zero attached hydrogens (tertiary/aromatic N) is 1. The molecule has 1 aromatic carbocycles. The van der Waals surface area contributed by atoms with Gasteiger partial charge in [0.25, 0.3) is 5.56 Å². The second-order valence-corrected chi connectivity index (χ2v) is 7.45. The Morgan fingerprint density at radius 2 is 1.96 bits per heavy atom. The van der Waals surface area contributed by atoms with Crippen LogP contribution in [-0.2, 0) is 17.6 Å². The lowest BCUT2D eigenvalue weighted by Crippen LogP contribution is -2.18. The molecular formula is C15H12Cl3N3O2S. The largest absolute Gasteiger partial charge is 0.323 e. The van der Waals surface area contributed by atoms with Crippen LogP contribution in [0, 0.1) is 0 Å². The molecule has 0 radical (unpaired) electrons. The van der Waals surface area contributed by atoms with Crippen molar-refractivity contribution in [3.63, 3.8) is 0 Å². The normalized spacial score (nSPS) is 13.0. The smallest absolute Gasteiger partial charge is 0.254 e. The molecule has 0 atom stereocenters. The molecule has 0 saturated heterocycles. The van der Waals surface area contributed by atoms with E-state index in [2.05, 4.69) is 15.3 Å². The number of carbonyl (C=O) groups excluding carboxylic acids is 1. The molecule has 1 amide bonds. The van der Waals surface area contributed by atoms with Gasteiger partial charge in [-0.25, -0.2) is 4.98 Å². The predicted octanol–water partition coefficient (Wildman–Crippen LogP) is 3.95. The van der Waals surface area contributed by atoms with Gasteiger partial charge in [0, 0.05) is 10.6 Å². The van der Waals surface area contributed by atoms with E-state index in [0.717, 1.165) is 42.3 Å². The van der Waals surface area contributed by atoms with E-state index in [0.29, 0.717) is 15.9 Å². The number of rotatable bonds is 4. The minimum Gasteiger partial charge on any atom is -0.323 e. The number of fused-ring (bicyclic) bond motifs is 1. The van der Waals surface area contributed by atoms with E-state index in [-0.39, 0.29) is 27.3 Å². The summed E-state index contributed by atoms with van der Waals surface area (Å²) in [6, 6.07) is 2.99. The molecule has 0 fully saturated rings. The average molecular weight is 405 g/mol. The van der Waals surface area contributed by atoms with Crippen LogP contribution in [-0.4, -0.2) is 21.6 Å². The van der Waals surface area contributed by atoms with Gasteiger partial charge in [-0.1, -0.05) is 46.6 Å². The van der Waals surface area contributed by atoms with Crippen LogP contribution in [0.2, 0.25) is 15.1 Å². The van der Waals surface area contributed by atoms with E-state index >= 15 is 0 Å². The highest BCUT2D eigenvalue weighted by Crippen LogP contribution is 2.33. The highest BCUT2D eigenvalue weighted by atomic mass is 35.5. The SMILES string of the molecule is O=C(CSc1nc2c(c(=O)[nH]1)CCC2)Nc1c(Cl)cc(Cl)cc1Cl. The van der Waals surface area contributed by atoms with E-state index < -0.39 is 0 Å². The molecule has 1 aromatic heterocycles. The first kappa shape index (κ1) is 17.6. The Bertz CT molecular complexity index is 847. The maximum absolute atomic E-state index is 12.1. The summed E-state index contributed by atoms with van der Waals surface area (Å²) in [5.41, 5.74) is 1.77. The third kappa shape index (κ3) is 3.88. The Hall–Kier alpha value is -1.21. The fraction of sp³-hybridized carbons (Fsp3) is 0.267. The van der Waals surface area contributed by atoms with E-state index in [1.54, 1.807) is 0 Å². The van der Waals surface area contributed by atoms with Crippen LogP contribution in [0.15, 0.2) is 22.1 Å². The molecule has 0 unspecified atom stereocenters. The van der Waals surface area contributed by atoms with Gasteiger partial charge in [0.2, 0.25) is 5.91 Å². The van der Waals surface area contributed by atoms with Crippen LogP contribution in [0.3, 0.4) is 0 Å². The third-order valence-electron chi connectivity index (χ3n) is 3.53. The number of aromatic nitrogens is 2. The Kier molecular flexibility index (Phi) is 5.39. The standard InChI is InChI=1S/C15H12Cl3N3O2S/c16-7-4-9(17)13(10(18)5-7)20-12(22)6-24-15-19-11-3-1-2-8(11)14(23)21-15/h4-5H,1-3,6H2,(H,20,22)(H,19,21,23). The summed E-state index contributed by atoms with van der Waals surface area (Å²) in [4.78, 5) is 31.1. The molecule has 126 valence electrons.